The van der Waals surface area contributed by atoms with Gasteiger partial charge in [0.25, 0.3) is 15.7 Å². The summed E-state index contributed by atoms with van der Waals surface area (Å²) in [6, 6.07) is 9.22. The Hall–Kier alpha value is -2.48. The second kappa shape index (κ2) is 5.62. The van der Waals surface area contributed by atoms with Crippen LogP contribution in [0, 0.1) is 15.9 Å². The first-order valence-corrected chi connectivity index (χ1v) is 8.40. The quantitative estimate of drug-likeness (QED) is 0.637. The molecule has 1 aliphatic heterocycles. The lowest BCUT2D eigenvalue weighted by atomic mass is 10.0. The molecule has 0 saturated heterocycles. The molecule has 23 heavy (non-hydrogen) atoms. The number of hydrogen-bond acceptors (Lipinski definition) is 4. The second-order valence-electron chi connectivity index (χ2n) is 5.18. The largest absolute Gasteiger partial charge is 0.270 e. The summed E-state index contributed by atoms with van der Waals surface area (Å²) < 4.78 is 40.8. The van der Waals surface area contributed by atoms with Gasteiger partial charge in [0.15, 0.2) is 0 Å². The zero-order valence-corrected chi connectivity index (χ0v) is 12.8. The summed E-state index contributed by atoms with van der Waals surface area (Å²) in [5.41, 5.74) is 0.326. The van der Waals surface area contributed by atoms with Gasteiger partial charge in [-0.15, -0.1) is 0 Å². The van der Waals surface area contributed by atoms with Crippen LogP contribution in [-0.2, 0) is 16.4 Å². The van der Waals surface area contributed by atoms with Crippen LogP contribution < -0.4 is 4.31 Å². The van der Waals surface area contributed by atoms with Gasteiger partial charge in [-0.05, 0) is 30.5 Å². The number of benzene rings is 2. The van der Waals surface area contributed by atoms with Crippen molar-refractivity contribution in [3.05, 3.63) is 64.0 Å². The number of rotatable bonds is 3. The number of anilines is 1. The molecule has 0 atom stereocenters. The normalized spacial score (nSPS) is 14.4. The van der Waals surface area contributed by atoms with E-state index in [1.807, 2.05) is 0 Å². The summed E-state index contributed by atoms with van der Waals surface area (Å²) in [5.74, 6) is -0.615. The van der Waals surface area contributed by atoms with Crippen LogP contribution in [0.2, 0.25) is 0 Å². The van der Waals surface area contributed by atoms with E-state index in [9.17, 15) is 22.9 Å². The summed E-state index contributed by atoms with van der Waals surface area (Å²) in [4.78, 5) is 9.96. The molecule has 0 spiro atoms. The molecule has 2 aromatic carbocycles. The van der Waals surface area contributed by atoms with Crippen molar-refractivity contribution >= 4 is 21.4 Å². The number of nitro benzene ring substituents is 1. The lowest BCUT2D eigenvalue weighted by Gasteiger charge is -2.30. The smallest absolute Gasteiger partial charge is 0.263 e. The topological polar surface area (TPSA) is 80.5 Å². The van der Waals surface area contributed by atoms with Crippen molar-refractivity contribution in [2.24, 2.45) is 0 Å². The van der Waals surface area contributed by atoms with E-state index < -0.39 is 20.8 Å². The number of sulfonamides is 1. The summed E-state index contributed by atoms with van der Waals surface area (Å²) in [7, 11) is -4.07. The fourth-order valence-electron chi connectivity index (χ4n) is 2.69. The fourth-order valence-corrected chi connectivity index (χ4v) is 4.28. The highest BCUT2D eigenvalue weighted by Crippen LogP contribution is 2.34. The van der Waals surface area contributed by atoms with Crippen molar-refractivity contribution in [3.63, 3.8) is 0 Å². The standard InChI is InChI=1S/C15H13FN2O4S/c16-14-8-1-4-11-5-3-9-17(15(11)14)23(21,22)13-7-2-6-12(10-13)18(19)20/h1-2,4,6-8,10H,3,5,9H2. The summed E-state index contributed by atoms with van der Waals surface area (Å²) in [6.45, 7) is 0.138. The molecule has 0 unspecified atom stereocenters. The van der Waals surface area contributed by atoms with Crippen molar-refractivity contribution in [2.45, 2.75) is 17.7 Å². The fraction of sp³-hybridized carbons (Fsp3) is 0.200. The molecule has 0 aliphatic carbocycles. The Kier molecular flexibility index (Phi) is 3.77. The minimum atomic E-state index is -4.07. The molecule has 2 aromatic rings. The first-order chi connectivity index (χ1) is 10.9. The zero-order chi connectivity index (χ0) is 16.6. The van der Waals surface area contributed by atoms with Gasteiger partial charge in [0.1, 0.15) is 5.82 Å². The van der Waals surface area contributed by atoms with E-state index in [0.29, 0.717) is 18.4 Å². The molecule has 1 heterocycles. The lowest BCUT2D eigenvalue weighted by Crippen LogP contribution is -2.36. The monoisotopic (exact) mass is 336 g/mol. The highest BCUT2D eigenvalue weighted by Gasteiger charge is 2.32. The van der Waals surface area contributed by atoms with Crippen molar-refractivity contribution in [3.8, 4) is 0 Å². The highest BCUT2D eigenvalue weighted by molar-refractivity contribution is 7.92. The Labute approximate surface area is 132 Å². The van der Waals surface area contributed by atoms with Gasteiger partial charge in [0.05, 0.1) is 15.5 Å². The van der Waals surface area contributed by atoms with Gasteiger partial charge in [0.2, 0.25) is 0 Å². The Bertz CT molecular complexity index is 883. The van der Waals surface area contributed by atoms with E-state index in [1.165, 1.54) is 30.3 Å². The van der Waals surface area contributed by atoms with Crippen molar-refractivity contribution < 1.29 is 17.7 Å². The molecule has 0 aromatic heterocycles. The summed E-state index contributed by atoms with van der Waals surface area (Å²) >= 11 is 0. The van der Waals surface area contributed by atoms with Crippen LogP contribution in [0.25, 0.3) is 0 Å². The van der Waals surface area contributed by atoms with Crippen LogP contribution in [-0.4, -0.2) is 19.9 Å². The van der Waals surface area contributed by atoms with E-state index >= 15 is 0 Å². The first kappa shape index (κ1) is 15.4. The second-order valence-corrected chi connectivity index (χ2v) is 7.05. The maximum absolute atomic E-state index is 14.2. The molecule has 8 heteroatoms. The van der Waals surface area contributed by atoms with Crippen LogP contribution in [0.15, 0.2) is 47.4 Å². The van der Waals surface area contributed by atoms with Crippen LogP contribution in [0.3, 0.4) is 0 Å². The summed E-state index contributed by atoms with van der Waals surface area (Å²) in [5, 5.41) is 10.8. The molecule has 3 rings (SSSR count). The first-order valence-electron chi connectivity index (χ1n) is 6.96. The minimum absolute atomic E-state index is 0.0326. The van der Waals surface area contributed by atoms with Crippen LogP contribution in [0.5, 0.6) is 0 Å². The van der Waals surface area contributed by atoms with Gasteiger partial charge in [-0.1, -0.05) is 18.2 Å². The van der Waals surface area contributed by atoms with Crippen molar-refractivity contribution in [1.82, 2.24) is 0 Å². The van der Waals surface area contributed by atoms with Crippen molar-refractivity contribution in [1.29, 1.82) is 0 Å². The Morgan fingerprint density at radius 1 is 1.17 bits per heavy atom. The van der Waals surface area contributed by atoms with Gasteiger partial charge < -0.3 is 0 Å². The van der Waals surface area contributed by atoms with Gasteiger partial charge in [0, 0.05) is 18.7 Å². The van der Waals surface area contributed by atoms with E-state index in [4.69, 9.17) is 0 Å². The summed E-state index contributed by atoms with van der Waals surface area (Å²) in [6.07, 6.45) is 1.15. The maximum Gasteiger partial charge on any atom is 0.270 e. The van der Waals surface area contributed by atoms with E-state index in [-0.39, 0.29) is 22.8 Å². The number of fused-ring (bicyclic) bond motifs is 1. The third-order valence-corrected chi connectivity index (χ3v) is 5.54. The molecule has 6 nitrogen and oxygen atoms in total. The van der Waals surface area contributed by atoms with E-state index in [1.54, 1.807) is 6.07 Å². The predicted molar refractivity (Wildman–Crippen MR) is 82.3 cm³/mol. The van der Waals surface area contributed by atoms with Crippen LogP contribution in [0.4, 0.5) is 15.8 Å². The number of nitrogens with zero attached hydrogens (tertiary/aromatic N) is 2. The maximum atomic E-state index is 14.2. The molecular weight excluding hydrogens is 323 g/mol. The third kappa shape index (κ3) is 2.65. The van der Waals surface area contributed by atoms with Crippen LogP contribution >= 0.6 is 0 Å². The van der Waals surface area contributed by atoms with Crippen LogP contribution in [0.1, 0.15) is 12.0 Å². The number of aryl methyl sites for hydroxylation is 1. The lowest BCUT2D eigenvalue weighted by molar-refractivity contribution is -0.385. The number of non-ortho nitro benzene ring substituents is 1. The molecule has 1 aliphatic rings. The Morgan fingerprint density at radius 2 is 1.91 bits per heavy atom. The van der Waals surface area contributed by atoms with Crippen molar-refractivity contribution in [2.75, 3.05) is 10.8 Å². The zero-order valence-electron chi connectivity index (χ0n) is 12.0. The molecular formula is C15H13FN2O4S. The minimum Gasteiger partial charge on any atom is -0.263 e. The molecule has 0 saturated carbocycles. The average molecular weight is 336 g/mol. The number of halogens is 1. The average Bonchev–Trinajstić information content (AvgIpc) is 2.54. The van der Waals surface area contributed by atoms with E-state index in [0.717, 1.165) is 10.4 Å². The molecule has 0 fully saturated rings. The molecule has 0 radical (unpaired) electrons. The number of para-hydroxylation sites is 1. The van der Waals surface area contributed by atoms with Gasteiger partial charge in [-0.3, -0.25) is 14.4 Å². The van der Waals surface area contributed by atoms with E-state index in [2.05, 4.69) is 0 Å². The highest BCUT2D eigenvalue weighted by atomic mass is 32.2. The Balaban J connectivity index is 2.12. The number of nitro groups is 1. The molecule has 0 N–H and O–H groups in total. The predicted octanol–water partition coefficient (Wildman–Crippen LogP) is 2.88. The SMILES string of the molecule is O=[N+]([O-])c1cccc(S(=O)(=O)N2CCCc3cccc(F)c32)c1. The van der Waals surface area contributed by atoms with Gasteiger partial charge in [-0.2, -0.15) is 0 Å². The molecule has 0 amide bonds. The third-order valence-electron chi connectivity index (χ3n) is 3.74. The van der Waals surface area contributed by atoms with Gasteiger partial charge >= 0.3 is 0 Å². The molecule has 120 valence electrons. The number of hydrogen-bond donors (Lipinski definition) is 0. The molecule has 0 bridgehead atoms. The van der Waals surface area contributed by atoms with Gasteiger partial charge in [-0.25, -0.2) is 12.8 Å². The Morgan fingerprint density at radius 3 is 2.65 bits per heavy atom.